The van der Waals surface area contributed by atoms with E-state index in [-0.39, 0.29) is 6.10 Å². The van der Waals surface area contributed by atoms with Crippen molar-refractivity contribution in [3.63, 3.8) is 0 Å². The predicted molar refractivity (Wildman–Crippen MR) is 110 cm³/mol. The molecule has 5 heteroatoms. The van der Waals surface area contributed by atoms with Crippen LogP contribution in [0.4, 0.5) is 0 Å². The average Bonchev–Trinajstić information content (AvgIpc) is 3.31. The molecule has 2 atom stereocenters. The third-order valence-corrected chi connectivity index (χ3v) is 5.08. The van der Waals surface area contributed by atoms with Gasteiger partial charge in [-0.1, -0.05) is 31.5 Å². The molecule has 0 aromatic heterocycles. The Bertz CT molecular complexity index is 836. The van der Waals surface area contributed by atoms with Gasteiger partial charge in [0.1, 0.15) is 11.5 Å². The van der Waals surface area contributed by atoms with Crippen LogP contribution in [0.15, 0.2) is 64.6 Å². The molecule has 0 saturated carbocycles. The highest BCUT2D eigenvalue weighted by atomic mass is 16.7. The third-order valence-electron chi connectivity index (χ3n) is 5.08. The van der Waals surface area contributed by atoms with Crippen LogP contribution in [0.3, 0.4) is 0 Å². The van der Waals surface area contributed by atoms with E-state index < -0.39 is 11.4 Å². The average molecular weight is 378 g/mol. The first-order chi connectivity index (χ1) is 13.6. The highest BCUT2D eigenvalue weighted by Gasteiger charge is 2.48. The maximum absolute atomic E-state index is 6.45. The van der Waals surface area contributed by atoms with E-state index in [0.717, 1.165) is 29.9 Å². The van der Waals surface area contributed by atoms with Crippen LogP contribution >= 0.6 is 0 Å². The van der Waals surface area contributed by atoms with Crippen molar-refractivity contribution in [2.24, 2.45) is 9.98 Å². The van der Waals surface area contributed by atoms with E-state index in [1.807, 2.05) is 61.5 Å². The molecule has 146 valence electrons. The smallest absolute Gasteiger partial charge is 0.199 e. The molecule has 2 aliphatic heterocycles. The van der Waals surface area contributed by atoms with Crippen molar-refractivity contribution < 1.29 is 14.2 Å². The number of aliphatic imine (C=N–C) groups is 2. The van der Waals surface area contributed by atoms with Crippen molar-refractivity contribution in [3.05, 3.63) is 60.2 Å². The summed E-state index contributed by atoms with van der Waals surface area (Å²) in [5.74, 6) is 0.735. The molecule has 2 aromatic carbocycles. The minimum Gasteiger partial charge on any atom is -0.457 e. The first-order valence-corrected chi connectivity index (χ1v) is 9.85. The standard InChI is InChI=1S/C23H26N2O3/c1-3-7-21-16-26-23(28-21,17-22(2)24-14-15-25-22)18-10-12-20(13-11-18)27-19-8-5-4-6-9-19/h4-6,8-15,21H,3,7,16-17H2,1-2H3. The summed E-state index contributed by atoms with van der Waals surface area (Å²) in [4.78, 5) is 9.03. The van der Waals surface area contributed by atoms with Gasteiger partial charge in [-0.25, -0.2) is 0 Å². The van der Waals surface area contributed by atoms with Crippen molar-refractivity contribution in [1.82, 2.24) is 0 Å². The van der Waals surface area contributed by atoms with E-state index in [9.17, 15) is 0 Å². The summed E-state index contributed by atoms with van der Waals surface area (Å²) in [6.07, 6.45) is 6.13. The fourth-order valence-electron chi connectivity index (χ4n) is 3.73. The maximum Gasteiger partial charge on any atom is 0.199 e. The van der Waals surface area contributed by atoms with Gasteiger partial charge in [0, 0.05) is 18.0 Å². The molecule has 2 heterocycles. The molecule has 0 spiro atoms. The first-order valence-electron chi connectivity index (χ1n) is 9.85. The quantitative estimate of drug-likeness (QED) is 0.673. The number of hydrogen-bond donors (Lipinski definition) is 0. The SMILES string of the molecule is CCCC1COC(CC2(C)N=CC=N2)(c2ccc(Oc3ccccc3)cc2)O1. The molecule has 5 nitrogen and oxygen atoms in total. The largest absolute Gasteiger partial charge is 0.457 e. The highest BCUT2D eigenvalue weighted by molar-refractivity contribution is 6.17. The summed E-state index contributed by atoms with van der Waals surface area (Å²) in [5, 5.41) is 0. The predicted octanol–water partition coefficient (Wildman–Crippen LogP) is 5.11. The summed E-state index contributed by atoms with van der Waals surface area (Å²) in [6, 6.07) is 17.7. The lowest BCUT2D eigenvalue weighted by Gasteiger charge is -2.33. The van der Waals surface area contributed by atoms with Crippen LogP contribution in [0.1, 0.15) is 38.7 Å². The highest BCUT2D eigenvalue weighted by Crippen LogP contribution is 2.44. The maximum atomic E-state index is 6.45. The van der Waals surface area contributed by atoms with Gasteiger partial charge < -0.3 is 14.2 Å². The molecule has 2 aromatic rings. The van der Waals surface area contributed by atoms with Gasteiger partial charge >= 0.3 is 0 Å². The van der Waals surface area contributed by atoms with E-state index in [0.29, 0.717) is 13.0 Å². The molecule has 4 rings (SSSR count). The molecule has 2 aliphatic rings. The minimum atomic E-state index is -0.848. The second-order valence-electron chi connectivity index (χ2n) is 7.48. The van der Waals surface area contributed by atoms with Crippen molar-refractivity contribution in [2.45, 2.75) is 50.7 Å². The van der Waals surface area contributed by atoms with Gasteiger partial charge in [-0.15, -0.1) is 0 Å². The Hall–Kier alpha value is -2.50. The van der Waals surface area contributed by atoms with Gasteiger partial charge in [0.05, 0.1) is 19.1 Å². The van der Waals surface area contributed by atoms with Crippen molar-refractivity contribution in [3.8, 4) is 11.5 Å². The topological polar surface area (TPSA) is 52.4 Å². The Labute approximate surface area is 166 Å². The van der Waals surface area contributed by atoms with Crippen LogP contribution < -0.4 is 4.74 Å². The summed E-state index contributed by atoms with van der Waals surface area (Å²) in [7, 11) is 0. The lowest BCUT2D eigenvalue weighted by molar-refractivity contribution is -0.190. The summed E-state index contributed by atoms with van der Waals surface area (Å²) >= 11 is 0. The Morgan fingerprint density at radius 2 is 1.68 bits per heavy atom. The zero-order chi connectivity index (χ0) is 19.5. The Kier molecular flexibility index (Phi) is 5.29. The van der Waals surface area contributed by atoms with Crippen molar-refractivity contribution in [2.75, 3.05) is 6.61 Å². The van der Waals surface area contributed by atoms with Gasteiger partial charge in [0.15, 0.2) is 11.4 Å². The van der Waals surface area contributed by atoms with Gasteiger partial charge in [0.2, 0.25) is 0 Å². The zero-order valence-corrected chi connectivity index (χ0v) is 16.4. The fraction of sp³-hybridized carbons (Fsp3) is 0.391. The van der Waals surface area contributed by atoms with Crippen LogP contribution in [0.5, 0.6) is 11.5 Å². The zero-order valence-electron chi connectivity index (χ0n) is 16.4. The van der Waals surface area contributed by atoms with E-state index in [4.69, 9.17) is 14.2 Å². The molecule has 0 radical (unpaired) electrons. The molecule has 0 amide bonds. The van der Waals surface area contributed by atoms with Crippen LogP contribution in [0.25, 0.3) is 0 Å². The number of rotatable bonds is 7. The summed E-state index contributed by atoms with van der Waals surface area (Å²) < 4.78 is 18.6. The van der Waals surface area contributed by atoms with E-state index in [2.05, 4.69) is 16.9 Å². The van der Waals surface area contributed by atoms with Crippen molar-refractivity contribution in [1.29, 1.82) is 0 Å². The molecular formula is C23H26N2O3. The molecule has 1 saturated heterocycles. The Morgan fingerprint density at radius 3 is 2.36 bits per heavy atom. The monoisotopic (exact) mass is 378 g/mol. The number of hydrogen-bond acceptors (Lipinski definition) is 5. The van der Waals surface area contributed by atoms with Gasteiger partial charge in [-0.2, -0.15) is 0 Å². The molecule has 0 aliphatic carbocycles. The van der Waals surface area contributed by atoms with Crippen LogP contribution in [0, 0.1) is 0 Å². The minimum absolute atomic E-state index is 0.0863. The number of nitrogens with zero attached hydrogens (tertiary/aromatic N) is 2. The van der Waals surface area contributed by atoms with Crippen molar-refractivity contribution >= 4 is 12.4 Å². The normalized spacial score (nSPS) is 25.3. The lowest BCUT2D eigenvalue weighted by Crippen LogP contribution is -2.36. The Balaban J connectivity index is 1.58. The third kappa shape index (κ3) is 4.01. The molecule has 0 bridgehead atoms. The van der Waals surface area contributed by atoms with Gasteiger partial charge in [-0.3, -0.25) is 9.98 Å². The van der Waals surface area contributed by atoms with Crippen LogP contribution in [0.2, 0.25) is 0 Å². The fourth-order valence-corrected chi connectivity index (χ4v) is 3.73. The molecular weight excluding hydrogens is 352 g/mol. The van der Waals surface area contributed by atoms with E-state index >= 15 is 0 Å². The number of benzene rings is 2. The second kappa shape index (κ2) is 7.86. The van der Waals surface area contributed by atoms with Crippen LogP contribution in [-0.4, -0.2) is 30.8 Å². The Morgan fingerprint density at radius 1 is 1.00 bits per heavy atom. The van der Waals surface area contributed by atoms with E-state index in [1.165, 1.54) is 0 Å². The first kappa shape index (κ1) is 18.8. The van der Waals surface area contributed by atoms with E-state index in [1.54, 1.807) is 12.4 Å². The molecule has 2 unspecified atom stereocenters. The lowest BCUT2D eigenvalue weighted by atomic mass is 9.95. The molecule has 1 fully saturated rings. The van der Waals surface area contributed by atoms with Crippen LogP contribution in [-0.2, 0) is 15.3 Å². The van der Waals surface area contributed by atoms with Gasteiger partial charge in [-0.05, 0) is 49.7 Å². The molecule has 0 N–H and O–H groups in total. The molecule has 28 heavy (non-hydrogen) atoms. The summed E-state index contributed by atoms with van der Waals surface area (Å²) in [5.41, 5.74) is 0.394. The summed E-state index contributed by atoms with van der Waals surface area (Å²) in [6.45, 7) is 4.74. The second-order valence-corrected chi connectivity index (χ2v) is 7.48. The van der Waals surface area contributed by atoms with Gasteiger partial charge in [0.25, 0.3) is 0 Å². The number of para-hydroxylation sites is 1. The number of ether oxygens (including phenoxy) is 3.